The highest BCUT2D eigenvalue weighted by Gasteiger charge is 2.06. The van der Waals surface area contributed by atoms with Gasteiger partial charge in [-0.05, 0) is 17.7 Å². The molecule has 0 unspecified atom stereocenters. The van der Waals surface area contributed by atoms with Crippen LogP contribution in [0, 0.1) is 5.92 Å². The first-order chi connectivity index (χ1) is 8.52. The fourth-order valence-electron chi connectivity index (χ4n) is 1.27. The van der Waals surface area contributed by atoms with Crippen LogP contribution in [0.1, 0.15) is 32.8 Å². The molecule has 1 N–H and O–H groups in total. The lowest BCUT2D eigenvalue weighted by molar-refractivity contribution is -0.134. The van der Waals surface area contributed by atoms with Crippen LogP contribution in [-0.2, 0) is 16.1 Å². The smallest absolute Gasteiger partial charge is 0.310 e. The number of hydrogen-bond acceptors (Lipinski definition) is 3. The van der Waals surface area contributed by atoms with Crippen LogP contribution in [0.3, 0.4) is 0 Å². The molecule has 1 rings (SSSR count). The minimum Gasteiger partial charge on any atom is -0.427 e. The monoisotopic (exact) mass is 249 g/mol. The minimum atomic E-state index is -0.254. The van der Waals surface area contributed by atoms with Gasteiger partial charge in [0.2, 0.25) is 5.91 Å². The van der Waals surface area contributed by atoms with Crippen LogP contribution >= 0.6 is 0 Å². The van der Waals surface area contributed by atoms with Gasteiger partial charge < -0.3 is 10.1 Å². The Labute approximate surface area is 107 Å². The summed E-state index contributed by atoms with van der Waals surface area (Å²) in [6.07, 6.45) is 0.353. The third-order valence-corrected chi connectivity index (χ3v) is 2.43. The molecule has 4 heteroatoms. The third-order valence-electron chi connectivity index (χ3n) is 2.43. The number of carbonyl (C=O) groups is 2. The standard InChI is InChI=1S/C14H19NO3/c1-4-13(16)18-12-7-5-11(6-8-12)9-15-14(17)10(2)3/h5-8,10H,4,9H2,1-3H3,(H,15,17). The van der Waals surface area contributed by atoms with Crippen LogP contribution < -0.4 is 10.1 Å². The maximum absolute atomic E-state index is 11.4. The number of benzene rings is 1. The second-order valence-electron chi connectivity index (χ2n) is 4.34. The largest absolute Gasteiger partial charge is 0.427 e. The van der Waals surface area contributed by atoms with Gasteiger partial charge in [-0.15, -0.1) is 0 Å². The molecule has 0 atom stereocenters. The Hall–Kier alpha value is -1.84. The lowest BCUT2D eigenvalue weighted by Crippen LogP contribution is -2.27. The predicted molar refractivity (Wildman–Crippen MR) is 69.1 cm³/mol. The van der Waals surface area contributed by atoms with Gasteiger partial charge in [0.15, 0.2) is 0 Å². The first-order valence-electron chi connectivity index (χ1n) is 6.10. The summed E-state index contributed by atoms with van der Waals surface area (Å²) in [4.78, 5) is 22.5. The average Bonchev–Trinajstić information content (AvgIpc) is 2.37. The Morgan fingerprint density at radius 3 is 2.33 bits per heavy atom. The van der Waals surface area contributed by atoms with Gasteiger partial charge in [-0.2, -0.15) is 0 Å². The molecule has 1 aromatic carbocycles. The van der Waals surface area contributed by atoms with Gasteiger partial charge in [-0.1, -0.05) is 32.9 Å². The van der Waals surface area contributed by atoms with Gasteiger partial charge >= 0.3 is 5.97 Å². The fraction of sp³-hybridized carbons (Fsp3) is 0.429. The molecule has 0 aliphatic rings. The van der Waals surface area contributed by atoms with Crippen molar-refractivity contribution in [1.29, 1.82) is 0 Å². The maximum Gasteiger partial charge on any atom is 0.310 e. The molecule has 0 saturated carbocycles. The molecule has 0 aliphatic heterocycles. The maximum atomic E-state index is 11.4. The van der Waals surface area contributed by atoms with E-state index in [2.05, 4.69) is 5.32 Å². The summed E-state index contributed by atoms with van der Waals surface area (Å²) in [5, 5.41) is 2.82. The van der Waals surface area contributed by atoms with Crippen molar-refractivity contribution in [2.75, 3.05) is 0 Å². The summed E-state index contributed by atoms with van der Waals surface area (Å²) in [6, 6.07) is 7.12. The van der Waals surface area contributed by atoms with Gasteiger partial charge in [0.25, 0.3) is 0 Å². The Kier molecular flexibility index (Phi) is 5.36. The molecular formula is C14H19NO3. The number of carbonyl (C=O) groups excluding carboxylic acids is 2. The van der Waals surface area contributed by atoms with E-state index >= 15 is 0 Å². The minimum absolute atomic E-state index is 0.0187. The average molecular weight is 249 g/mol. The molecule has 0 fully saturated rings. The Morgan fingerprint density at radius 2 is 1.83 bits per heavy atom. The molecule has 0 radical (unpaired) electrons. The van der Waals surface area contributed by atoms with Crippen molar-refractivity contribution in [2.24, 2.45) is 5.92 Å². The zero-order valence-corrected chi connectivity index (χ0v) is 11.0. The lowest BCUT2D eigenvalue weighted by atomic mass is 10.2. The van der Waals surface area contributed by atoms with Crippen molar-refractivity contribution in [2.45, 2.75) is 33.7 Å². The highest BCUT2D eigenvalue weighted by atomic mass is 16.5. The Morgan fingerprint density at radius 1 is 1.22 bits per heavy atom. The molecule has 18 heavy (non-hydrogen) atoms. The SMILES string of the molecule is CCC(=O)Oc1ccc(CNC(=O)C(C)C)cc1. The molecule has 0 aromatic heterocycles. The van der Waals surface area contributed by atoms with E-state index < -0.39 is 0 Å². The quantitative estimate of drug-likeness (QED) is 0.643. The van der Waals surface area contributed by atoms with Crippen molar-refractivity contribution < 1.29 is 14.3 Å². The van der Waals surface area contributed by atoms with E-state index in [0.717, 1.165) is 5.56 Å². The summed E-state index contributed by atoms with van der Waals surface area (Å²) in [7, 11) is 0. The number of hydrogen-bond donors (Lipinski definition) is 1. The van der Waals surface area contributed by atoms with Crippen molar-refractivity contribution in [3.05, 3.63) is 29.8 Å². The van der Waals surface area contributed by atoms with E-state index in [0.29, 0.717) is 18.7 Å². The van der Waals surface area contributed by atoms with Crippen molar-refractivity contribution >= 4 is 11.9 Å². The Bertz CT molecular complexity index is 410. The first-order valence-corrected chi connectivity index (χ1v) is 6.10. The van der Waals surface area contributed by atoms with Crippen LogP contribution in [0.15, 0.2) is 24.3 Å². The molecule has 4 nitrogen and oxygen atoms in total. The second-order valence-corrected chi connectivity index (χ2v) is 4.34. The summed E-state index contributed by atoms with van der Waals surface area (Å²) in [6.45, 7) is 5.93. The van der Waals surface area contributed by atoms with Gasteiger partial charge in [-0.3, -0.25) is 9.59 Å². The predicted octanol–water partition coefficient (Wildman–Crippen LogP) is 2.27. The number of ether oxygens (including phenoxy) is 1. The first kappa shape index (κ1) is 14.2. The fourth-order valence-corrected chi connectivity index (χ4v) is 1.27. The summed E-state index contributed by atoms with van der Waals surface area (Å²) >= 11 is 0. The van der Waals surface area contributed by atoms with Crippen LogP contribution in [-0.4, -0.2) is 11.9 Å². The van der Waals surface area contributed by atoms with E-state index in [4.69, 9.17) is 4.74 Å². The van der Waals surface area contributed by atoms with E-state index in [1.807, 2.05) is 26.0 Å². The second kappa shape index (κ2) is 6.79. The number of nitrogens with one attached hydrogen (secondary N) is 1. The van der Waals surface area contributed by atoms with Crippen LogP contribution in [0.2, 0.25) is 0 Å². The van der Waals surface area contributed by atoms with Crippen molar-refractivity contribution in [3.63, 3.8) is 0 Å². The number of amides is 1. The Balaban J connectivity index is 2.50. The van der Waals surface area contributed by atoms with Crippen molar-refractivity contribution in [1.82, 2.24) is 5.32 Å². The van der Waals surface area contributed by atoms with Gasteiger partial charge in [0, 0.05) is 18.9 Å². The summed E-state index contributed by atoms with van der Waals surface area (Å²) in [5.74, 6) is 0.280. The highest BCUT2D eigenvalue weighted by Crippen LogP contribution is 2.12. The molecular weight excluding hydrogens is 230 g/mol. The molecule has 0 spiro atoms. The van der Waals surface area contributed by atoms with Crippen LogP contribution in [0.25, 0.3) is 0 Å². The molecule has 0 saturated heterocycles. The van der Waals surface area contributed by atoms with E-state index in [-0.39, 0.29) is 17.8 Å². The topological polar surface area (TPSA) is 55.4 Å². The molecule has 98 valence electrons. The lowest BCUT2D eigenvalue weighted by Gasteiger charge is -2.08. The molecule has 0 bridgehead atoms. The summed E-state index contributed by atoms with van der Waals surface area (Å²) in [5.41, 5.74) is 0.972. The van der Waals surface area contributed by atoms with E-state index in [9.17, 15) is 9.59 Å². The zero-order valence-electron chi connectivity index (χ0n) is 11.0. The van der Waals surface area contributed by atoms with Crippen LogP contribution in [0.5, 0.6) is 5.75 Å². The van der Waals surface area contributed by atoms with Gasteiger partial charge in [0.05, 0.1) is 0 Å². The van der Waals surface area contributed by atoms with Gasteiger partial charge in [0.1, 0.15) is 5.75 Å². The molecule has 0 aliphatic carbocycles. The number of esters is 1. The zero-order chi connectivity index (χ0) is 13.5. The van der Waals surface area contributed by atoms with Crippen LogP contribution in [0.4, 0.5) is 0 Å². The normalized spacial score (nSPS) is 10.2. The molecule has 1 aromatic rings. The number of rotatable bonds is 5. The van der Waals surface area contributed by atoms with E-state index in [1.165, 1.54) is 0 Å². The third kappa shape index (κ3) is 4.57. The molecule has 0 heterocycles. The van der Waals surface area contributed by atoms with Gasteiger partial charge in [-0.25, -0.2) is 0 Å². The summed E-state index contributed by atoms with van der Waals surface area (Å²) < 4.78 is 5.06. The van der Waals surface area contributed by atoms with E-state index in [1.54, 1.807) is 19.1 Å². The molecule has 1 amide bonds. The van der Waals surface area contributed by atoms with Crippen molar-refractivity contribution in [3.8, 4) is 5.75 Å². The highest BCUT2D eigenvalue weighted by molar-refractivity contribution is 5.77.